The summed E-state index contributed by atoms with van der Waals surface area (Å²) in [4.78, 5) is 3.98. The summed E-state index contributed by atoms with van der Waals surface area (Å²) in [6.45, 7) is 18.7. The fraction of sp³-hybridized carbons (Fsp3) is 0.571. The van der Waals surface area contributed by atoms with Gasteiger partial charge in [0, 0.05) is 16.2 Å². The van der Waals surface area contributed by atoms with E-state index >= 15 is 0 Å². The molecule has 171 valence electrons. The van der Waals surface area contributed by atoms with E-state index < -0.39 is 7.32 Å². The van der Waals surface area contributed by atoms with Gasteiger partial charge in [-0.3, -0.25) is 0 Å². The molecule has 0 bridgehead atoms. The molecule has 32 heavy (non-hydrogen) atoms. The Balaban J connectivity index is 0.00000363. The standard InChI is InChI=1S/C21H33BN6O3.Tl/c1-19(2,3)16-10-13-26(23-16)29-22(30-27-14-11-17(24-27)20(4,5)6)31-28-15-12-18(25-28)21(7,8)9;/h10-15H,1-9H3;/q-1;+1. The molecule has 1 radical (unpaired) electrons. The van der Waals surface area contributed by atoms with Crippen molar-refractivity contribution in [3.05, 3.63) is 53.9 Å². The first-order valence-electron chi connectivity index (χ1n) is 10.4. The van der Waals surface area contributed by atoms with Gasteiger partial charge in [-0.1, -0.05) is 62.3 Å². The zero-order valence-electron chi connectivity index (χ0n) is 20.5. The van der Waals surface area contributed by atoms with Gasteiger partial charge in [-0.15, -0.1) is 15.3 Å². The van der Waals surface area contributed by atoms with Crippen molar-refractivity contribution in [3.8, 4) is 0 Å². The minimum absolute atomic E-state index is 0. The second kappa shape index (κ2) is 9.48. The Morgan fingerprint density at radius 2 is 0.812 bits per heavy atom. The molecule has 0 aliphatic heterocycles. The van der Waals surface area contributed by atoms with Crippen LogP contribution in [0.25, 0.3) is 0 Å². The van der Waals surface area contributed by atoms with Crippen LogP contribution in [0.5, 0.6) is 0 Å². The van der Waals surface area contributed by atoms with E-state index in [0.717, 1.165) is 17.1 Å². The second-order valence-corrected chi connectivity index (χ2v) is 10.7. The van der Waals surface area contributed by atoms with Crippen LogP contribution in [0.4, 0.5) is 0 Å². The molecule has 3 rings (SSSR count). The Hall–Kier alpha value is -1.98. The van der Waals surface area contributed by atoms with Gasteiger partial charge >= 0.3 is 34.6 Å². The van der Waals surface area contributed by atoms with E-state index in [9.17, 15) is 0 Å². The van der Waals surface area contributed by atoms with Crippen molar-refractivity contribution in [1.29, 1.82) is 0 Å². The zero-order valence-corrected chi connectivity index (χ0v) is 25.0. The van der Waals surface area contributed by atoms with Crippen LogP contribution in [-0.4, -0.2) is 64.5 Å². The van der Waals surface area contributed by atoms with Crippen LogP contribution >= 0.6 is 0 Å². The number of rotatable bonds is 6. The van der Waals surface area contributed by atoms with E-state index in [2.05, 4.69) is 77.6 Å². The maximum Gasteiger partial charge on any atom is 1.00 e. The van der Waals surface area contributed by atoms with Gasteiger partial charge in [0.1, 0.15) is 0 Å². The van der Waals surface area contributed by atoms with Crippen LogP contribution < -0.4 is 14.3 Å². The minimum atomic E-state index is -1.19. The fourth-order valence-electron chi connectivity index (χ4n) is 2.62. The summed E-state index contributed by atoms with van der Waals surface area (Å²) >= 11 is 0. The average Bonchev–Trinajstić information content (AvgIpc) is 3.32. The van der Waals surface area contributed by atoms with Crippen LogP contribution in [-0.2, 0) is 16.2 Å². The smallest absolute Gasteiger partial charge is 0.560 e. The maximum atomic E-state index is 5.83. The quantitative estimate of drug-likeness (QED) is 0.389. The number of hydrogen-bond donors (Lipinski definition) is 0. The van der Waals surface area contributed by atoms with Crippen LogP contribution in [0.15, 0.2) is 36.8 Å². The van der Waals surface area contributed by atoms with E-state index in [-0.39, 0.29) is 43.5 Å². The van der Waals surface area contributed by atoms with Crippen LogP contribution in [0.1, 0.15) is 79.4 Å². The molecule has 9 nitrogen and oxygen atoms in total. The minimum Gasteiger partial charge on any atom is -0.560 e. The van der Waals surface area contributed by atoms with Gasteiger partial charge < -0.3 is 14.3 Å². The topological polar surface area (TPSA) is 81.1 Å². The van der Waals surface area contributed by atoms with Crippen molar-refractivity contribution in [2.45, 2.75) is 78.6 Å². The predicted molar refractivity (Wildman–Crippen MR) is 124 cm³/mol. The molecular formula is C21H33BN6O3Tl. The number of nitrogens with zero attached hydrogens (tertiary/aromatic N) is 6. The van der Waals surface area contributed by atoms with Gasteiger partial charge in [-0.05, 0) is 18.2 Å². The van der Waals surface area contributed by atoms with Gasteiger partial charge in [0.05, 0.1) is 35.7 Å². The summed E-state index contributed by atoms with van der Waals surface area (Å²) in [7, 11) is -1.19. The van der Waals surface area contributed by atoms with Crippen molar-refractivity contribution >= 4 is 34.6 Å². The van der Waals surface area contributed by atoms with Crippen molar-refractivity contribution < 1.29 is 14.3 Å². The molecule has 0 aliphatic rings. The summed E-state index contributed by atoms with van der Waals surface area (Å²) in [5.74, 6) is 0. The molecule has 11 heteroatoms. The van der Waals surface area contributed by atoms with Crippen LogP contribution in [0, 0.1) is 0 Å². The molecule has 0 aromatic carbocycles. The summed E-state index contributed by atoms with van der Waals surface area (Å²) in [6.07, 6.45) is 5.15. The number of aromatic nitrogens is 6. The van der Waals surface area contributed by atoms with Crippen LogP contribution in [0.2, 0.25) is 0 Å². The molecule has 0 unspecified atom stereocenters. The van der Waals surface area contributed by atoms with Crippen molar-refractivity contribution in [2.24, 2.45) is 0 Å². The van der Waals surface area contributed by atoms with Gasteiger partial charge in [0.15, 0.2) is 0 Å². The molecule has 0 fully saturated rings. The van der Waals surface area contributed by atoms with Gasteiger partial charge in [0.2, 0.25) is 0 Å². The first-order chi connectivity index (χ1) is 14.2. The summed E-state index contributed by atoms with van der Waals surface area (Å²) in [6, 6.07) is 5.69. The second-order valence-electron chi connectivity index (χ2n) is 10.7. The Kier molecular flexibility index (Phi) is 7.78. The summed E-state index contributed by atoms with van der Waals surface area (Å²) in [5.41, 5.74) is 2.32. The molecule has 3 aromatic heterocycles. The average molecular weight is 633 g/mol. The number of hydrogen-bond acceptors (Lipinski definition) is 6. The Morgan fingerprint density at radius 1 is 0.562 bits per heavy atom. The SMILES string of the molecule is CC(C)(C)c1ccn(O[B-](On2ccc(C(C)(C)C)n2)On2ccc(C(C)(C)C)n2)n1.[Tl+]. The summed E-state index contributed by atoms with van der Waals surface area (Å²) < 4.78 is 17.5. The molecule has 0 N–H and O–H groups in total. The third-order valence-corrected chi connectivity index (χ3v) is 4.59. The van der Waals surface area contributed by atoms with E-state index in [0.29, 0.717) is 0 Å². The van der Waals surface area contributed by atoms with E-state index in [1.54, 1.807) is 18.6 Å². The van der Waals surface area contributed by atoms with E-state index in [1.807, 2.05) is 18.2 Å². The molecule has 0 saturated carbocycles. The molecule has 0 amide bonds. The molecule has 0 atom stereocenters. The predicted octanol–water partition coefficient (Wildman–Crippen LogP) is 2.46. The molecule has 3 heterocycles. The first kappa shape index (κ1) is 26.3. The molecule has 0 saturated heterocycles. The van der Waals surface area contributed by atoms with Gasteiger partial charge in [0.25, 0.3) is 0 Å². The van der Waals surface area contributed by atoms with Gasteiger partial charge in [-0.25, -0.2) is 0 Å². The third kappa shape index (κ3) is 6.76. The van der Waals surface area contributed by atoms with E-state index in [4.69, 9.17) is 14.3 Å². The van der Waals surface area contributed by atoms with Crippen LogP contribution in [0.3, 0.4) is 0 Å². The summed E-state index contributed by atoms with van der Waals surface area (Å²) in [5, 5.41) is 13.4. The van der Waals surface area contributed by atoms with E-state index in [1.165, 1.54) is 14.5 Å². The zero-order chi connectivity index (χ0) is 23.0. The largest absolute Gasteiger partial charge is 1.00 e. The van der Waals surface area contributed by atoms with Gasteiger partial charge in [-0.2, -0.15) is 14.5 Å². The molecular weight excluding hydrogens is 599 g/mol. The maximum absolute atomic E-state index is 5.83. The molecule has 0 aliphatic carbocycles. The molecule has 0 spiro atoms. The first-order valence-corrected chi connectivity index (χ1v) is 10.4. The van der Waals surface area contributed by atoms with Crippen molar-refractivity contribution in [1.82, 2.24) is 29.8 Å². The Labute approximate surface area is 210 Å². The van der Waals surface area contributed by atoms with Crippen molar-refractivity contribution in [3.63, 3.8) is 0 Å². The third-order valence-electron chi connectivity index (χ3n) is 4.59. The normalized spacial score (nSPS) is 12.6. The Morgan fingerprint density at radius 3 is 1.00 bits per heavy atom. The fourth-order valence-corrected chi connectivity index (χ4v) is 2.62. The molecule has 3 aromatic rings. The monoisotopic (exact) mass is 633 g/mol. The Bertz CT molecular complexity index is 881. The van der Waals surface area contributed by atoms with Crippen molar-refractivity contribution in [2.75, 3.05) is 0 Å².